The number of nitrogens with zero attached hydrogens (tertiary/aromatic N) is 3. The highest BCUT2D eigenvalue weighted by Crippen LogP contribution is 2.25. The monoisotopic (exact) mass is 297 g/mol. The predicted molar refractivity (Wildman–Crippen MR) is 72.7 cm³/mol. The zero-order chi connectivity index (χ0) is 14.7. The van der Waals surface area contributed by atoms with Crippen LogP contribution in [0.25, 0.3) is 0 Å². The van der Waals surface area contributed by atoms with E-state index in [1.807, 2.05) is 0 Å². The number of hydrogen-bond donors (Lipinski definition) is 1. The Hall–Kier alpha value is -1.96. The number of thiazole rings is 1. The zero-order valence-corrected chi connectivity index (χ0v) is 11.9. The van der Waals surface area contributed by atoms with Crippen molar-refractivity contribution in [1.29, 1.82) is 0 Å². The second-order valence-electron chi connectivity index (χ2n) is 4.59. The van der Waals surface area contributed by atoms with Gasteiger partial charge in [0.15, 0.2) is 5.13 Å². The molecular weight excluding hydrogens is 282 g/mol. The number of carboxylic acid groups (broad SMARTS) is 1. The Morgan fingerprint density at radius 3 is 2.90 bits per heavy atom. The molecule has 8 heteroatoms. The van der Waals surface area contributed by atoms with Crippen LogP contribution in [-0.4, -0.2) is 52.9 Å². The molecule has 1 aromatic rings. The zero-order valence-electron chi connectivity index (χ0n) is 11.0. The highest BCUT2D eigenvalue weighted by molar-refractivity contribution is 7.14. The first-order valence-electron chi connectivity index (χ1n) is 6.18. The first kappa shape index (κ1) is 14.4. The fraction of sp³-hybridized carbons (Fsp3) is 0.500. The van der Waals surface area contributed by atoms with Crippen LogP contribution in [0.15, 0.2) is 5.38 Å². The minimum atomic E-state index is -1.05. The second kappa shape index (κ2) is 6.00. The Labute approximate surface area is 119 Å². The summed E-state index contributed by atoms with van der Waals surface area (Å²) in [4.78, 5) is 40.9. The number of carbonyl (C=O) groups excluding carboxylic acids is 2. The molecule has 2 heterocycles. The summed E-state index contributed by atoms with van der Waals surface area (Å²) in [6, 6.07) is 0. The number of aliphatic carboxylic acids is 1. The molecule has 0 spiro atoms. The average molecular weight is 297 g/mol. The molecule has 0 atom stereocenters. The second-order valence-corrected chi connectivity index (χ2v) is 5.43. The minimum Gasteiger partial charge on any atom is -0.480 e. The molecule has 1 saturated heterocycles. The lowest BCUT2D eigenvalue weighted by Gasteiger charge is -2.13. The Balaban J connectivity index is 1.97. The number of likely N-dealkylation sites (N-methyl/N-ethyl adjacent to an activating group) is 1. The molecule has 0 bridgehead atoms. The highest BCUT2D eigenvalue weighted by Gasteiger charge is 2.24. The van der Waals surface area contributed by atoms with Crippen molar-refractivity contribution in [2.75, 3.05) is 25.0 Å². The smallest absolute Gasteiger partial charge is 0.323 e. The SMILES string of the molecule is CN(CC(=O)O)C(=O)Cc1csc(N2CCCC2=O)n1. The summed E-state index contributed by atoms with van der Waals surface area (Å²) in [5, 5.41) is 11.0. The van der Waals surface area contributed by atoms with E-state index in [0.29, 0.717) is 23.8 Å². The Morgan fingerprint density at radius 2 is 2.30 bits per heavy atom. The first-order chi connectivity index (χ1) is 9.47. The average Bonchev–Trinajstić information content (AvgIpc) is 2.97. The van der Waals surface area contributed by atoms with Crippen LogP contribution in [0.5, 0.6) is 0 Å². The van der Waals surface area contributed by atoms with Crippen molar-refractivity contribution in [1.82, 2.24) is 9.88 Å². The maximum absolute atomic E-state index is 11.8. The van der Waals surface area contributed by atoms with E-state index in [1.54, 1.807) is 10.3 Å². The maximum atomic E-state index is 11.8. The van der Waals surface area contributed by atoms with Crippen molar-refractivity contribution in [2.45, 2.75) is 19.3 Å². The van der Waals surface area contributed by atoms with Crippen LogP contribution in [0.4, 0.5) is 5.13 Å². The van der Waals surface area contributed by atoms with Gasteiger partial charge < -0.3 is 10.0 Å². The number of hydrogen-bond acceptors (Lipinski definition) is 5. The molecule has 1 N–H and O–H groups in total. The number of amides is 2. The van der Waals surface area contributed by atoms with E-state index in [9.17, 15) is 14.4 Å². The fourth-order valence-electron chi connectivity index (χ4n) is 1.93. The van der Waals surface area contributed by atoms with E-state index in [0.717, 1.165) is 11.3 Å². The van der Waals surface area contributed by atoms with Gasteiger partial charge in [-0.25, -0.2) is 4.98 Å². The molecule has 20 heavy (non-hydrogen) atoms. The molecule has 1 fully saturated rings. The van der Waals surface area contributed by atoms with Crippen LogP contribution in [0.1, 0.15) is 18.5 Å². The van der Waals surface area contributed by atoms with Crippen LogP contribution in [-0.2, 0) is 20.8 Å². The van der Waals surface area contributed by atoms with Crippen LogP contribution in [0.2, 0.25) is 0 Å². The van der Waals surface area contributed by atoms with E-state index in [1.165, 1.54) is 18.4 Å². The van der Waals surface area contributed by atoms with Crippen LogP contribution in [0, 0.1) is 0 Å². The first-order valence-corrected chi connectivity index (χ1v) is 7.06. The van der Waals surface area contributed by atoms with Gasteiger partial charge in [-0.1, -0.05) is 0 Å². The Kier molecular flexibility index (Phi) is 4.33. The molecule has 7 nitrogen and oxygen atoms in total. The third-order valence-corrected chi connectivity index (χ3v) is 3.89. The normalized spacial score (nSPS) is 14.7. The van der Waals surface area contributed by atoms with Gasteiger partial charge in [0, 0.05) is 25.4 Å². The summed E-state index contributed by atoms with van der Waals surface area (Å²) in [5.41, 5.74) is 0.562. The van der Waals surface area contributed by atoms with Gasteiger partial charge in [-0.05, 0) is 6.42 Å². The summed E-state index contributed by atoms with van der Waals surface area (Å²) in [7, 11) is 1.44. The lowest BCUT2D eigenvalue weighted by Crippen LogP contribution is -2.33. The van der Waals surface area contributed by atoms with Crippen molar-refractivity contribution < 1.29 is 19.5 Å². The standard InChI is InChI=1S/C12H15N3O4S/c1-14(6-11(18)19)10(17)5-8-7-20-12(13-8)15-4-2-3-9(15)16/h7H,2-6H2,1H3,(H,18,19). The Morgan fingerprint density at radius 1 is 1.55 bits per heavy atom. The molecule has 1 aromatic heterocycles. The molecule has 108 valence electrons. The number of aromatic nitrogens is 1. The highest BCUT2D eigenvalue weighted by atomic mass is 32.1. The third kappa shape index (κ3) is 3.32. The topological polar surface area (TPSA) is 90.8 Å². The van der Waals surface area contributed by atoms with Gasteiger partial charge in [0.1, 0.15) is 6.54 Å². The summed E-state index contributed by atoms with van der Waals surface area (Å²) >= 11 is 1.33. The maximum Gasteiger partial charge on any atom is 0.323 e. The van der Waals surface area contributed by atoms with E-state index >= 15 is 0 Å². The number of anilines is 1. The molecule has 0 aliphatic carbocycles. The molecule has 1 aliphatic heterocycles. The number of rotatable bonds is 5. The van der Waals surface area contributed by atoms with Crippen LogP contribution in [0.3, 0.4) is 0 Å². The van der Waals surface area contributed by atoms with E-state index in [2.05, 4.69) is 4.98 Å². The lowest BCUT2D eigenvalue weighted by molar-refractivity contribution is -0.143. The molecule has 2 rings (SSSR count). The summed E-state index contributed by atoms with van der Waals surface area (Å²) in [6.07, 6.45) is 1.41. The molecule has 0 radical (unpaired) electrons. The summed E-state index contributed by atoms with van der Waals surface area (Å²) < 4.78 is 0. The molecule has 0 unspecified atom stereocenters. The number of carbonyl (C=O) groups is 3. The van der Waals surface area contributed by atoms with Crippen molar-refractivity contribution in [3.63, 3.8) is 0 Å². The summed E-state index contributed by atoms with van der Waals surface area (Å²) in [6.45, 7) is 0.332. The van der Waals surface area contributed by atoms with Gasteiger partial charge in [-0.15, -0.1) is 11.3 Å². The minimum absolute atomic E-state index is 0.0440. The summed E-state index contributed by atoms with van der Waals surface area (Å²) in [5.74, 6) is -1.31. The lowest BCUT2D eigenvalue weighted by atomic mass is 10.3. The molecule has 0 saturated carbocycles. The van der Waals surface area contributed by atoms with Gasteiger partial charge in [0.2, 0.25) is 11.8 Å². The van der Waals surface area contributed by atoms with Gasteiger partial charge in [-0.2, -0.15) is 0 Å². The van der Waals surface area contributed by atoms with Crippen molar-refractivity contribution in [3.05, 3.63) is 11.1 Å². The van der Waals surface area contributed by atoms with Crippen molar-refractivity contribution >= 4 is 34.3 Å². The molecule has 2 amide bonds. The van der Waals surface area contributed by atoms with Gasteiger partial charge in [0.25, 0.3) is 0 Å². The van der Waals surface area contributed by atoms with E-state index in [4.69, 9.17) is 5.11 Å². The number of carboxylic acids is 1. The van der Waals surface area contributed by atoms with Gasteiger partial charge in [-0.3, -0.25) is 19.3 Å². The Bertz CT molecular complexity index is 543. The van der Waals surface area contributed by atoms with Crippen molar-refractivity contribution in [3.8, 4) is 0 Å². The van der Waals surface area contributed by atoms with E-state index in [-0.39, 0.29) is 24.8 Å². The van der Waals surface area contributed by atoms with Crippen LogP contribution < -0.4 is 4.90 Å². The van der Waals surface area contributed by atoms with E-state index < -0.39 is 5.97 Å². The third-order valence-electron chi connectivity index (χ3n) is 2.97. The largest absolute Gasteiger partial charge is 0.480 e. The van der Waals surface area contributed by atoms with Crippen LogP contribution >= 0.6 is 11.3 Å². The van der Waals surface area contributed by atoms with Gasteiger partial charge in [0.05, 0.1) is 12.1 Å². The van der Waals surface area contributed by atoms with Crippen molar-refractivity contribution in [2.24, 2.45) is 0 Å². The fourth-order valence-corrected chi connectivity index (χ4v) is 2.80. The molecular formula is C12H15N3O4S. The molecule has 0 aromatic carbocycles. The predicted octanol–water partition coefficient (Wildman–Crippen LogP) is 0.355. The quantitative estimate of drug-likeness (QED) is 0.847. The molecule has 1 aliphatic rings. The van der Waals surface area contributed by atoms with Gasteiger partial charge >= 0.3 is 5.97 Å².